The molecule has 0 amide bonds. The summed E-state index contributed by atoms with van der Waals surface area (Å²) in [6, 6.07) is 1.40. The summed E-state index contributed by atoms with van der Waals surface area (Å²) in [5.41, 5.74) is 0.0483. The Morgan fingerprint density at radius 2 is 2.13 bits per heavy atom. The van der Waals surface area contributed by atoms with Gasteiger partial charge in [0, 0.05) is 6.20 Å². The minimum absolute atomic E-state index is 0.0483. The van der Waals surface area contributed by atoms with Crippen molar-refractivity contribution in [1.29, 1.82) is 0 Å². The number of aromatic nitrogens is 2. The fourth-order valence-corrected chi connectivity index (χ4v) is 1.24. The van der Waals surface area contributed by atoms with Gasteiger partial charge in [0.2, 0.25) is 0 Å². The van der Waals surface area contributed by atoms with Crippen molar-refractivity contribution >= 4 is 5.97 Å². The van der Waals surface area contributed by atoms with E-state index >= 15 is 0 Å². The van der Waals surface area contributed by atoms with E-state index in [1.54, 1.807) is 0 Å². The van der Waals surface area contributed by atoms with E-state index < -0.39 is 5.97 Å². The molecule has 82 valence electrons. The summed E-state index contributed by atoms with van der Waals surface area (Å²) in [7, 11) is 0. The Morgan fingerprint density at radius 3 is 2.67 bits per heavy atom. The molecule has 0 aromatic carbocycles. The first-order valence-corrected chi connectivity index (χ1v) is 4.95. The molecular weight excluding hydrogens is 194 g/mol. The van der Waals surface area contributed by atoms with Crippen molar-refractivity contribution in [2.75, 3.05) is 13.1 Å². The van der Waals surface area contributed by atoms with E-state index in [0.717, 1.165) is 13.1 Å². The van der Waals surface area contributed by atoms with E-state index in [0.29, 0.717) is 12.4 Å². The van der Waals surface area contributed by atoms with Gasteiger partial charge < -0.3 is 5.11 Å². The van der Waals surface area contributed by atoms with Gasteiger partial charge in [0.15, 0.2) is 5.69 Å². The van der Waals surface area contributed by atoms with Crippen molar-refractivity contribution < 1.29 is 9.90 Å². The van der Waals surface area contributed by atoms with Crippen molar-refractivity contribution in [3.8, 4) is 0 Å². The lowest BCUT2D eigenvalue weighted by atomic mass is 10.4. The van der Waals surface area contributed by atoms with Gasteiger partial charge in [0.1, 0.15) is 5.82 Å². The third-order valence-corrected chi connectivity index (χ3v) is 2.18. The van der Waals surface area contributed by atoms with Crippen LogP contribution >= 0.6 is 0 Å². The second kappa shape index (κ2) is 5.41. The van der Waals surface area contributed by atoms with Crippen LogP contribution in [0.15, 0.2) is 12.3 Å². The maximum Gasteiger partial charge on any atom is 0.354 e. The van der Waals surface area contributed by atoms with Crippen LogP contribution in [-0.2, 0) is 6.54 Å². The molecule has 1 N–H and O–H groups in total. The molecule has 0 atom stereocenters. The number of hydrogen-bond acceptors (Lipinski definition) is 4. The molecule has 0 unspecified atom stereocenters. The molecule has 1 rings (SSSR count). The quantitative estimate of drug-likeness (QED) is 0.784. The molecule has 1 heterocycles. The van der Waals surface area contributed by atoms with Crippen LogP contribution in [0.2, 0.25) is 0 Å². The molecule has 0 spiro atoms. The van der Waals surface area contributed by atoms with Crippen molar-refractivity contribution in [3.05, 3.63) is 23.8 Å². The summed E-state index contributed by atoms with van der Waals surface area (Å²) in [5.74, 6) is -0.461. The summed E-state index contributed by atoms with van der Waals surface area (Å²) in [4.78, 5) is 20.8. The molecule has 0 fully saturated rings. The van der Waals surface area contributed by atoms with Gasteiger partial charge in [0.25, 0.3) is 0 Å². The van der Waals surface area contributed by atoms with E-state index in [2.05, 4.69) is 14.9 Å². The van der Waals surface area contributed by atoms with Crippen LogP contribution in [0.1, 0.15) is 30.2 Å². The first-order chi connectivity index (χ1) is 7.17. The summed E-state index contributed by atoms with van der Waals surface area (Å²) in [6.45, 7) is 6.48. The number of carboxylic acids is 1. The average molecular weight is 209 g/mol. The Hall–Kier alpha value is -1.49. The van der Waals surface area contributed by atoms with Gasteiger partial charge in [0.05, 0.1) is 6.54 Å². The van der Waals surface area contributed by atoms with Crippen LogP contribution in [0.5, 0.6) is 0 Å². The smallest absolute Gasteiger partial charge is 0.354 e. The molecule has 0 aliphatic carbocycles. The van der Waals surface area contributed by atoms with Crippen LogP contribution in [-0.4, -0.2) is 39.0 Å². The number of carbonyl (C=O) groups is 1. The van der Waals surface area contributed by atoms with Crippen LogP contribution in [0, 0.1) is 0 Å². The van der Waals surface area contributed by atoms with Crippen LogP contribution in [0.3, 0.4) is 0 Å². The lowest BCUT2D eigenvalue weighted by Crippen LogP contribution is -2.23. The van der Waals surface area contributed by atoms with Crippen LogP contribution < -0.4 is 0 Å². The second-order valence-corrected chi connectivity index (χ2v) is 3.12. The van der Waals surface area contributed by atoms with E-state index in [1.165, 1.54) is 12.3 Å². The Bertz CT molecular complexity index is 337. The summed E-state index contributed by atoms with van der Waals surface area (Å²) in [6.07, 6.45) is 1.48. The number of carboxylic acid groups (broad SMARTS) is 1. The molecule has 5 nitrogen and oxygen atoms in total. The van der Waals surface area contributed by atoms with Crippen molar-refractivity contribution in [3.63, 3.8) is 0 Å². The molecule has 0 bridgehead atoms. The zero-order valence-electron chi connectivity index (χ0n) is 8.97. The standard InChI is InChI=1S/C10H15N3O2/c1-3-13(4-2)7-9-11-6-5-8(12-9)10(14)15/h5-6H,3-4,7H2,1-2H3,(H,14,15). The minimum Gasteiger partial charge on any atom is -0.477 e. The maximum atomic E-state index is 10.7. The molecule has 0 saturated heterocycles. The first kappa shape index (κ1) is 11.6. The monoisotopic (exact) mass is 209 g/mol. The molecule has 1 aromatic heterocycles. The van der Waals surface area contributed by atoms with Crippen molar-refractivity contribution in [1.82, 2.24) is 14.9 Å². The molecule has 0 radical (unpaired) electrons. The molecule has 0 aliphatic rings. The molecular formula is C10H15N3O2. The molecule has 15 heavy (non-hydrogen) atoms. The maximum absolute atomic E-state index is 10.7. The topological polar surface area (TPSA) is 66.3 Å². The molecule has 1 aromatic rings. The average Bonchev–Trinajstić information content (AvgIpc) is 2.26. The predicted molar refractivity (Wildman–Crippen MR) is 55.6 cm³/mol. The highest BCUT2D eigenvalue weighted by Crippen LogP contribution is 2.00. The lowest BCUT2D eigenvalue weighted by Gasteiger charge is -2.16. The van der Waals surface area contributed by atoms with E-state index in [9.17, 15) is 4.79 Å². The van der Waals surface area contributed by atoms with Crippen molar-refractivity contribution in [2.45, 2.75) is 20.4 Å². The minimum atomic E-state index is -1.02. The Morgan fingerprint density at radius 1 is 1.47 bits per heavy atom. The predicted octanol–water partition coefficient (Wildman–Crippen LogP) is 1.02. The van der Waals surface area contributed by atoms with E-state index in [-0.39, 0.29) is 5.69 Å². The Balaban J connectivity index is 2.77. The third-order valence-electron chi connectivity index (χ3n) is 2.18. The zero-order chi connectivity index (χ0) is 11.3. The number of aromatic carboxylic acids is 1. The van der Waals surface area contributed by atoms with E-state index in [1.807, 2.05) is 13.8 Å². The Kier molecular flexibility index (Phi) is 4.17. The highest BCUT2D eigenvalue weighted by atomic mass is 16.4. The van der Waals surface area contributed by atoms with Gasteiger partial charge >= 0.3 is 5.97 Å². The fourth-order valence-electron chi connectivity index (χ4n) is 1.24. The van der Waals surface area contributed by atoms with E-state index in [4.69, 9.17) is 5.11 Å². The molecule has 0 saturated carbocycles. The summed E-state index contributed by atoms with van der Waals surface area (Å²) < 4.78 is 0. The van der Waals surface area contributed by atoms with Crippen LogP contribution in [0.25, 0.3) is 0 Å². The normalized spacial score (nSPS) is 10.6. The fraction of sp³-hybridized carbons (Fsp3) is 0.500. The van der Waals surface area contributed by atoms with Gasteiger partial charge in [-0.1, -0.05) is 13.8 Å². The highest BCUT2D eigenvalue weighted by molar-refractivity contribution is 5.85. The number of nitrogens with zero attached hydrogens (tertiary/aromatic N) is 3. The Labute approximate surface area is 88.8 Å². The zero-order valence-corrected chi connectivity index (χ0v) is 8.97. The summed E-state index contributed by atoms with van der Waals surface area (Å²) >= 11 is 0. The number of rotatable bonds is 5. The van der Waals surface area contributed by atoms with Gasteiger partial charge in [-0.05, 0) is 19.2 Å². The van der Waals surface area contributed by atoms with Crippen LogP contribution in [0.4, 0.5) is 0 Å². The van der Waals surface area contributed by atoms with Gasteiger partial charge in [-0.2, -0.15) is 0 Å². The SMILES string of the molecule is CCN(CC)Cc1nccc(C(=O)O)n1. The third kappa shape index (κ3) is 3.28. The first-order valence-electron chi connectivity index (χ1n) is 4.95. The van der Waals surface area contributed by atoms with Gasteiger partial charge in [-0.25, -0.2) is 14.8 Å². The van der Waals surface area contributed by atoms with Crippen molar-refractivity contribution in [2.24, 2.45) is 0 Å². The highest BCUT2D eigenvalue weighted by Gasteiger charge is 2.08. The lowest BCUT2D eigenvalue weighted by molar-refractivity contribution is 0.0689. The molecule has 0 aliphatic heterocycles. The number of hydrogen-bond donors (Lipinski definition) is 1. The van der Waals surface area contributed by atoms with Gasteiger partial charge in [-0.3, -0.25) is 4.90 Å². The van der Waals surface area contributed by atoms with Gasteiger partial charge in [-0.15, -0.1) is 0 Å². The molecule has 5 heteroatoms. The second-order valence-electron chi connectivity index (χ2n) is 3.12. The largest absolute Gasteiger partial charge is 0.477 e. The summed E-state index contributed by atoms with van der Waals surface area (Å²) in [5, 5.41) is 8.75.